The molecule has 7 nitrogen and oxygen atoms in total. The fourth-order valence-electron chi connectivity index (χ4n) is 3.72. The minimum absolute atomic E-state index is 0.0442. The highest BCUT2D eigenvalue weighted by atomic mass is 19.1. The minimum Gasteiger partial charge on any atom is -0.353 e. The van der Waals surface area contributed by atoms with Crippen LogP contribution in [-0.2, 0) is 4.79 Å². The number of fused-ring (bicyclic) bond motifs is 1. The molecule has 3 atom stereocenters. The molecular weight excluding hydrogens is 347 g/mol. The van der Waals surface area contributed by atoms with Gasteiger partial charge in [-0.2, -0.15) is 0 Å². The normalized spacial score (nSPS) is 27.2. The lowest BCUT2D eigenvalue weighted by molar-refractivity contribution is -0.134. The van der Waals surface area contributed by atoms with Crippen molar-refractivity contribution >= 4 is 22.8 Å². The third kappa shape index (κ3) is 3.59. The van der Waals surface area contributed by atoms with E-state index in [-0.39, 0.29) is 12.2 Å². The number of hydrogen-bond donors (Lipinski definition) is 2. The second kappa shape index (κ2) is 7.36. The van der Waals surface area contributed by atoms with Crippen molar-refractivity contribution < 1.29 is 9.18 Å². The Hall–Kier alpha value is -2.32. The first-order valence-corrected chi connectivity index (χ1v) is 9.44. The molecule has 0 bridgehead atoms. The molecule has 8 heteroatoms. The van der Waals surface area contributed by atoms with Crippen LogP contribution in [-0.4, -0.2) is 65.5 Å². The molecule has 3 unspecified atom stereocenters. The molecule has 144 valence electrons. The first-order valence-electron chi connectivity index (χ1n) is 9.44. The Bertz CT molecular complexity index is 823. The van der Waals surface area contributed by atoms with E-state index >= 15 is 0 Å². The van der Waals surface area contributed by atoms with Crippen LogP contribution in [0.5, 0.6) is 0 Å². The SMILES string of the molecule is CC(C)C1NC(N2CCN(c3cnc4ccccc4n3)CC2)NC(=O)C1F. The molecule has 27 heavy (non-hydrogen) atoms. The molecule has 1 aromatic heterocycles. The van der Waals surface area contributed by atoms with Crippen molar-refractivity contribution in [2.24, 2.45) is 5.92 Å². The van der Waals surface area contributed by atoms with Crippen molar-refractivity contribution in [2.45, 2.75) is 32.4 Å². The molecule has 1 amide bonds. The zero-order valence-corrected chi connectivity index (χ0v) is 15.6. The van der Waals surface area contributed by atoms with E-state index in [1.165, 1.54) is 0 Å². The number of nitrogens with one attached hydrogen (secondary N) is 2. The highest BCUT2D eigenvalue weighted by molar-refractivity contribution is 5.82. The third-order valence-corrected chi connectivity index (χ3v) is 5.35. The van der Waals surface area contributed by atoms with Gasteiger partial charge in [0.05, 0.1) is 23.3 Å². The van der Waals surface area contributed by atoms with Gasteiger partial charge in [0.25, 0.3) is 5.91 Å². The number of hydrogen-bond acceptors (Lipinski definition) is 6. The van der Waals surface area contributed by atoms with Crippen LogP contribution < -0.4 is 15.5 Å². The summed E-state index contributed by atoms with van der Waals surface area (Å²) in [6.45, 7) is 6.88. The number of amides is 1. The van der Waals surface area contributed by atoms with Gasteiger partial charge in [0.2, 0.25) is 0 Å². The van der Waals surface area contributed by atoms with Gasteiger partial charge in [-0.15, -0.1) is 0 Å². The van der Waals surface area contributed by atoms with Gasteiger partial charge in [0.15, 0.2) is 6.17 Å². The van der Waals surface area contributed by atoms with Crippen LogP contribution in [0.1, 0.15) is 13.8 Å². The Morgan fingerprint density at radius 3 is 2.56 bits per heavy atom. The first kappa shape index (κ1) is 18.1. The first-order chi connectivity index (χ1) is 13.0. The van der Waals surface area contributed by atoms with Crippen molar-refractivity contribution in [1.29, 1.82) is 0 Å². The molecule has 0 radical (unpaired) electrons. The molecule has 2 aliphatic heterocycles. The van der Waals surface area contributed by atoms with Crippen molar-refractivity contribution in [3.8, 4) is 0 Å². The predicted octanol–water partition coefficient (Wildman–Crippen LogP) is 1.12. The van der Waals surface area contributed by atoms with Crippen LogP contribution in [0.15, 0.2) is 30.5 Å². The summed E-state index contributed by atoms with van der Waals surface area (Å²) in [4.78, 5) is 25.5. The second-order valence-electron chi connectivity index (χ2n) is 7.49. The van der Waals surface area contributed by atoms with Gasteiger partial charge in [-0.25, -0.2) is 9.37 Å². The monoisotopic (exact) mass is 372 g/mol. The largest absolute Gasteiger partial charge is 0.353 e. The van der Waals surface area contributed by atoms with E-state index in [9.17, 15) is 9.18 Å². The zero-order chi connectivity index (χ0) is 19.0. The Kier molecular flexibility index (Phi) is 4.92. The molecule has 2 aliphatic rings. The van der Waals surface area contributed by atoms with Gasteiger partial charge in [0.1, 0.15) is 12.1 Å². The molecule has 0 saturated carbocycles. The number of piperazine rings is 1. The summed E-state index contributed by atoms with van der Waals surface area (Å²) < 4.78 is 14.1. The second-order valence-corrected chi connectivity index (χ2v) is 7.49. The van der Waals surface area contributed by atoms with Gasteiger partial charge in [-0.05, 0) is 18.1 Å². The number of halogens is 1. The number of alkyl halides is 1. The molecule has 2 saturated heterocycles. The number of carbonyl (C=O) groups excluding carboxylic acids is 1. The molecular formula is C19H25FN6O. The van der Waals surface area contributed by atoms with Crippen molar-refractivity contribution in [3.05, 3.63) is 30.5 Å². The summed E-state index contributed by atoms with van der Waals surface area (Å²) in [5.41, 5.74) is 1.77. The summed E-state index contributed by atoms with van der Waals surface area (Å²) in [5, 5.41) is 6.01. The summed E-state index contributed by atoms with van der Waals surface area (Å²) in [6, 6.07) is 7.36. The van der Waals surface area contributed by atoms with Gasteiger partial charge < -0.3 is 10.2 Å². The molecule has 0 aliphatic carbocycles. The average Bonchev–Trinajstić information content (AvgIpc) is 2.69. The van der Waals surface area contributed by atoms with Crippen LogP contribution in [0.25, 0.3) is 11.0 Å². The molecule has 2 fully saturated rings. The number of carbonyl (C=O) groups is 1. The topological polar surface area (TPSA) is 73.4 Å². The van der Waals surface area contributed by atoms with E-state index in [1.54, 1.807) is 6.20 Å². The van der Waals surface area contributed by atoms with Gasteiger partial charge in [-0.3, -0.25) is 20.0 Å². The molecule has 1 aromatic carbocycles. The third-order valence-electron chi connectivity index (χ3n) is 5.35. The number of aromatic nitrogens is 2. The Morgan fingerprint density at radius 2 is 1.85 bits per heavy atom. The lowest BCUT2D eigenvalue weighted by Crippen LogP contribution is -2.71. The number of para-hydroxylation sites is 2. The van der Waals surface area contributed by atoms with Gasteiger partial charge >= 0.3 is 0 Å². The zero-order valence-electron chi connectivity index (χ0n) is 15.6. The highest BCUT2D eigenvalue weighted by Crippen LogP contribution is 2.19. The summed E-state index contributed by atoms with van der Waals surface area (Å²) in [7, 11) is 0. The quantitative estimate of drug-likeness (QED) is 0.841. The summed E-state index contributed by atoms with van der Waals surface area (Å²) in [5.74, 6) is 0.376. The van der Waals surface area contributed by atoms with E-state index in [2.05, 4.69) is 25.4 Å². The van der Waals surface area contributed by atoms with Gasteiger partial charge in [0, 0.05) is 26.2 Å². The smallest absolute Gasteiger partial charge is 0.258 e. The summed E-state index contributed by atoms with van der Waals surface area (Å²) in [6.07, 6.45) is -0.0293. The maximum atomic E-state index is 14.1. The van der Waals surface area contributed by atoms with E-state index < -0.39 is 18.1 Å². The van der Waals surface area contributed by atoms with E-state index in [0.717, 1.165) is 43.0 Å². The fraction of sp³-hybridized carbons (Fsp3) is 0.526. The maximum Gasteiger partial charge on any atom is 0.258 e. The predicted molar refractivity (Wildman–Crippen MR) is 102 cm³/mol. The van der Waals surface area contributed by atoms with Crippen LogP contribution in [0.4, 0.5) is 10.2 Å². The number of nitrogens with zero attached hydrogens (tertiary/aromatic N) is 4. The lowest BCUT2D eigenvalue weighted by atomic mass is 9.97. The van der Waals surface area contributed by atoms with Crippen molar-refractivity contribution in [1.82, 2.24) is 25.5 Å². The van der Waals surface area contributed by atoms with E-state index in [1.807, 2.05) is 38.1 Å². The summed E-state index contributed by atoms with van der Waals surface area (Å²) >= 11 is 0. The molecule has 0 spiro atoms. The lowest BCUT2D eigenvalue weighted by Gasteiger charge is -2.44. The van der Waals surface area contributed by atoms with Crippen molar-refractivity contribution in [2.75, 3.05) is 31.1 Å². The molecule has 3 heterocycles. The van der Waals surface area contributed by atoms with Gasteiger partial charge in [-0.1, -0.05) is 26.0 Å². The van der Waals surface area contributed by atoms with E-state index in [4.69, 9.17) is 4.98 Å². The molecule has 2 aromatic rings. The fourth-order valence-corrected chi connectivity index (χ4v) is 3.72. The molecule has 2 N–H and O–H groups in total. The molecule has 4 rings (SSSR count). The Labute approximate surface area is 158 Å². The number of benzene rings is 1. The Morgan fingerprint density at radius 1 is 1.15 bits per heavy atom. The van der Waals surface area contributed by atoms with Crippen LogP contribution in [0.3, 0.4) is 0 Å². The number of rotatable bonds is 3. The van der Waals surface area contributed by atoms with Crippen LogP contribution in [0, 0.1) is 5.92 Å². The maximum absolute atomic E-state index is 14.1. The van der Waals surface area contributed by atoms with Crippen LogP contribution in [0.2, 0.25) is 0 Å². The standard InChI is InChI=1S/C19H25FN6O/c1-12(2)17-16(20)18(27)24-19(23-17)26-9-7-25(8-10-26)15-11-21-13-5-3-4-6-14(13)22-15/h3-6,11-12,16-17,19,23H,7-10H2,1-2H3,(H,24,27). The van der Waals surface area contributed by atoms with Crippen molar-refractivity contribution in [3.63, 3.8) is 0 Å². The minimum atomic E-state index is -1.50. The highest BCUT2D eigenvalue weighted by Gasteiger charge is 2.40. The average molecular weight is 372 g/mol. The van der Waals surface area contributed by atoms with Crippen LogP contribution >= 0.6 is 0 Å². The van der Waals surface area contributed by atoms with E-state index in [0.29, 0.717) is 0 Å². The Balaban J connectivity index is 1.41. The number of anilines is 1.